The van der Waals surface area contributed by atoms with Crippen LogP contribution in [0, 0.1) is 0 Å². The summed E-state index contributed by atoms with van der Waals surface area (Å²) in [5, 5.41) is 0. The first-order chi connectivity index (χ1) is 8.27. The van der Waals surface area contributed by atoms with Gasteiger partial charge in [0.25, 0.3) is 0 Å². The minimum atomic E-state index is -0.0404. The summed E-state index contributed by atoms with van der Waals surface area (Å²) in [6, 6.07) is 5.84. The number of amides is 1. The van der Waals surface area contributed by atoms with Crippen LogP contribution < -0.4 is 9.64 Å². The van der Waals surface area contributed by atoms with E-state index in [1.165, 1.54) is 6.08 Å². The maximum atomic E-state index is 11.8. The lowest BCUT2D eigenvalue weighted by Gasteiger charge is -2.22. The van der Waals surface area contributed by atoms with Gasteiger partial charge in [-0.3, -0.25) is 4.79 Å². The molecule has 0 saturated heterocycles. The summed E-state index contributed by atoms with van der Waals surface area (Å²) in [7, 11) is 1.67. The lowest BCUT2D eigenvalue weighted by Crippen LogP contribution is -2.29. The van der Waals surface area contributed by atoms with Crippen molar-refractivity contribution in [2.45, 2.75) is 19.3 Å². The Kier molecular flexibility index (Phi) is 3.47. The lowest BCUT2D eigenvalue weighted by atomic mass is 10.1. The normalized spacial score (nSPS) is 14.8. The topological polar surface area (TPSA) is 29.5 Å². The number of anilines is 1. The Bertz CT molecular complexity index is 440. The van der Waals surface area contributed by atoms with Crippen LogP contribution in [0.3, 0.4) is 0 Å². The van der Waals surface area contributed by atoms with E-state index in [-0.39, 0.29) is 5.91 Å². The molecule has 0 atom stereocenters. The molecule has 3 nitrogen and oxygen atoms in total. The third-order valence-electron chi connectivity index (χ3n) is 3.12. The van der Waals surface area contributed by atoms with Crippen molar-refractivity contribution in [3.63, 3.8) is 0 Å². The molecule has 0 unspecified atom stereocenters. The summed E-state index contributed by atoms with van der Waals surface area (Å²) in [5.74, 6) is 0.827. The molecule has 1 amide bonds. The SMILES string of the molecule is C=CC(=O)N1CCCCc2c(OC)cccc21. The monoisotopic (exact) mass is 231 g/mol. The fourth-order valence-electron chi connectivity index (χ4n) is 2.28. The number of fused-ring (bicyclic) bond motifs is 1. The number of ether oxygens (including phenoxy) is 1. The third kappa shape index (κ3) is 2.18. The highest BCUT2D eigenvalue weighted by Gasteiger charge is 2.21. The molecular formula is C14H17NO2. The van der Waals surface area contributed by atoms with E-state index < -0.39 is 0 Å². The smallest absolute Gasteiger partial charge is 0.250 e. The second-order valence-electron chi connectivity index (χ2n) is 4.11. The van der Waals surface area contributed by atoms with E-state index in [1.807, 2.05) is 18.2 Å². The van der Waals surface area contributed by atoms with Crippen molar-refractivity contribution < 1.29 is 9.53 Å². The average molecular weight is 231 g/mol. The zero-order chi connectivity index (χ0) is 12.3. The largest absolute Gasteiger partial charge is 0.496 e. The van der Waals surface area contributed by atoms with Crippen molar-refractivity contribution in [1.82, 2.24) is 0 Å². The molecule has 0 N–H and O–H groups in total. The first-order valence-corrected chi connectivity index (χ1v) is 5.87. The van der Waals surface area contributed by atoms with Gasteiger partial charge in [-0.05, 0) is 37.5 Å². The molecule has 17 heavy (non-hydrogen) atoms. The molecule has 0 radical (unpaired) electrons. The Morgan fingerprint density at radius 2 is 2.29 bits per heavy atom. The average Bonchev–Trinajstić information content (AvgIpc) is 2.59. The summed E-state index contributed by atoms with van der Waals surface area (Å²) in [4.78, 5) is 13.6. The van der Waals surface area contributed by atoms with Crippen molar-refractivity contribution in [2.75, 3.05) is 18.6 Å². The van der Waals surface area contributed by atoms with Gasteiger partial charge in [-0.1, -0.05) is 12.6 Å². The molecule has 1 aliphatic heterocycles. The number of rotatable bonds is 2. The number of benzene rings is 1. The molecule has 90 valence electrons. The van der Waals surface area contributed by atoms with Crippen LogP contribution >= 0.6 is 0 Å². The van der Waals surface area contributed by atoms with Gasteiger partial charge in [-0.2, -0.15) is 0 Å². The van der Waals surface area contributed by atoms with Gasteiger partial charge in [0, 0.05) is 12.1 Å². The van der Waals surface area contributed by atoms with Crippen molar-refractivity contribution in [3.05, 3.63) is 36.4 Å². The summed E-state index contributed by atoms with van der Waals surface area (Å²) < 4.78 is 5.37. The van der Waals surface area contributed by atoms with Gasteiger partial charge in [0.2, 0.25) is 5.91 Å². The Labute approximate surface area is 102 Å². The van der Waals surface area contributed by atoms with Crippen molar-refractivity contribution in [3.8, 4) is 5.75 Å². The first kappa shape index (κ1) is 11.7. The molecule has 1 heterocycles. The van der Waals surface area contributed by atoms with E-state index in [4.69, 9.17) is 4.74 Å². The highest BCUT2D eigenvalue weighted by Crippen LogP contribution is 2.33. The van der Waals surface area contributed by atoms with Gasteiger partial charge in [-0.15, -0.1) is 0 Å². The Morgan fingerprint density at radius 1 is 1.47 bits per heavy atom. The van der Waals surface area contributed by atoms with Crippen LogP contribution in [0.1, 0.15) is 18.4 Å². The van der Waals surface area contributed by atoms with Crippen molar-refractivity contribution in [1.29, 1.82) is 0 Å². The lowest BCUT2D eigenvalue weighted by molar-refractivity contribution is -0.114. The highest BCUT2D eigenvalue weighted by atomic mass is 16.5. The maximum Gasteiger partial charge on any atom is 0.250 e. The Balaban J connectivity index is 2.49. The van der Waals surface area contributed by atoms with Gasteiger partial charge in [0.05, 0.1) is 12.8 Å². The highest BCUT2D eigenvalue weighted by molar-refractivity contribution is 6.01. The third-order valence-corrected chi connectivity index (χ3v) is 3.12. The zero-order valence-corrected chi connectivity index (χ0v) is 10.1. The van der Waals surface area contributed by atoms with E-state index in [2.05, 4.69) is 6.58 Å². The molecule has 1 aliphatic rings. The molecule has 1 aromatic carbocycles. The van der Waals surface area contributed by atoms with E-state index in [1.54, 1.807) is 12.0 Å². The fourth-order valence-corrected chi connectivity index (χ4v) is 2.28. The Hall–Kier alpha value is -1.77. The van der Waals surface area contributed by atoms with Crippen molar-refractivity contribution in [2.24, 2.45) is 0 Å². The second-order valence-corrected chi connectivity index (χ2v) is 4.11. The molecule has 0 aliphatic carbocycles. The number of carbonyl (C=O) groups excluding carboxylic acids is 1. The van der Waals surface area contributed by atoms with Crippen LogP contribution in [0.2, 0.25) is 0 Å². The number of methoxy groups -OCH3 is 1. The molecule has 0 aromatic heterocycles. The van der Waals surface area contributed by atoms with Crippen LogP contribution in [0.25, 0.3) is 0 Å². The predicted molar refractivity (Wildman–Crippen MR) is 68.5 cm³/mol. The summed E-state index contributed by atoms with van der Waals surface area (Å²) in [5.41, 5.74) is 2.09. The van der Waals surface area contributed by atoms with Crippen LogP contribution in [0.4, 0.5) is 5.69 Å². The summed E-state index contributed by atoms with van der Waals surface area (Å²) in [6.45, 7) is 4.31. The van der Waals surface area contributed by atoms with Gasteiger partial charge in [-0.25, -0.2) is 0 Å². The summed E-state index contributed by atoms with van der Waals surface area (Å²) >= 11 is 0. The molecule has 0 bridgehead atoms. The number of hydrogen-bond acceptors (Lipinski definition) is 2. The van der Waals surface area contributed by atoms with Crippen LogP contribution in [0.15, 0.2) is 30.9 Å². The number of carbonyl (C=O) groups is 1. The quantitative estimate of drug-likeness (QED) is 0.732. The van der Waals surface area contributed by atoms with E-state index in [0.29, 0.717) is 0 Å². The van der Waals surface area contributed by atoms with Gasteiger partial charge < -0.3 is 9.64 Å². The zero-order valence-electron chi connectivity index (χ0n) is 10.1. The molecule has 0 fully saturated rings. The van der Waals surface area contributed by atoms with Gasteiger partial charge >= 0.3 is 0 Å². The van der Waals surface area contributed by atoms with E-state index in [9.17, 15) is 4.79 Å². The first-order valence-electron chi connectivity index (χ1n) is 5.87. The van der Waals surface area contributed by atoms with Crippen LogP contribution in [0.5, 0.6) is 5.75 Å². The second kappa shape index (κ2) is 5.04. The van der Waals surface area contributed by atoms with E-state index in [0.717, 1.165) is 42.8 Å². The number of hydrogen-bond donors (Lipinski definition) is 0. The predicted octanol–water partition coefficient (Wildman–Crippen LogP) is 2.55. The molecule has 0 saturated carbocycles. The van der Waals surface area contributed by atoms with Crippen LogP contribution in [-0.2, 0) is 11.2 Å². The molecule has 2 rings (SSSR count). The van der Waals surface area contributed by atoms with Gasteiger partial charge in [0.1, 0.15) is 5.75 Å². The van der Waals surface area contributed by atoms with Crippen molar-refractivity contribution >= 4 is 11.6 Å². The fraction of sp³-hybridized carbons (Fsp3) is 0.357. The summed E-state index contributed by atoms with van der Waals surface area (Å²) in [6.07, 6.45) is 4.42. The maximum absolute atomic E-state index is 11.8. The molecule has 1 aromatic rings. The minimum absolute atomic E-state index is 0.0404. The van der Waals surface area contributed by atoms with Gasteiger partial charge in [0.15, 0.2) is 0 Å². The van der Waals surface area contributed by atoms with Crippen LogP contribution in [-0.4, -0.2) is 19.6 Å². The molecule has 3 heteroatoms. The number of nitrogens with zero attached hydrogens (tertiary/aromatic N) is 1. The van der Waals surface area contributed by atoms with E-state index >= 15 is 0 Å². The molecule has 0 spiro atoms. The minimum Gasteiger partial charge on any atom is -0.496 e. The standard InChI is InChI=1S/C14H17NO2/c1-3-14(16)15-10-5-4-7-11-12(15)8-6-9-13(11)17-2/h3,6,8-9H,1,4-5,7,10H2,2H3. The molecular weight excluding hydrogens is 214 g/mol. The Morgan fingerprint density at radius 3 is 3.00 bits per heavy atom.